The zero-order chi connectivity index (χ0) is 27.6. The van der Waals surface area contributed by atoms with Crippen LogP contribution in [0.15, 0.2) is 42.5 Å². The highest BCUT2D eigenvalue weighted by atomic mass is 16.5. The molecule has 0 amide bonds. The minimum atomic E-state index is 0.128. The van der Waals surface area contributed by atoms with Crippen LogP contribution in [0.1, 0.15) is 95.0 Å². The SMILES string of the molecule is CCCOc1cc([C@@H]2C(C)[C@H](c3cc(OCCC)nc(OCCC)n3)C2c2ccccc2)nc(OCCC)n1. The van der Waals surface area contributed by atoms with Crippen LogP contribution in [0.3, 0.4) is 0 Å². The lowest BCUT2D eigenvalue weighted by molar-refractivity contribution is 0.161. The lowest BCUT2D eigenvalue weighted by Crippen LogP contribution is -2.41. The molecule has 0 N–H and O–H groups in total. The maximum absolute atomic E-state index is 5.94. The maximum Gasteiger partial charge on any atom is 0.319 e. The third-order valence-corrected chi connectivity index (χ3v) is 6.96. The van der Waals surface area contributed by atoms with Crippen LogP contribution in [0, 0.1) is 5.92 Å². The molecule has 1 aliphatic rings. The number of benzene rings is 1. The van der Waals surface area contributed by atoms with E-state index < -0.39 is 0 Å². The molecule has 2 aromatic heterocycles. The van der Waals surface area contributed by atoms with Gasteiger partial charge in [-0.25, -0.2) is 0 Å². The fraction of sp³-hybridized carbons (Fsp3) is 0.548. The molecule has 1 fully saturated rings. The summed E-state index contributed by atoms with van der Waals surface area (Å²) in [6.45, 7) is 12.9. The van der Waals surface area contributed by atoms with Gasteiger partial charge in [0.2, 0.25) is 11.8 Å². The van der Waals surface area contributed by atoms with E-state index in [0.717, 1.165) is 37.1 Å². The molecule has 2 unspecified atom stereocenters. The van der Waals surface area contributed by atoms with Crippen LogP contribution in [-0.2, 0) is 0 Å². The normalized spacial score (nSPS) is 20.2. The molecular formula is C31H42N4O4. The van der Waals surface area contributed by atoms with Gasteiger partial charge in [-0.15, -0.1) is 0 Å². The Hall–Kier alpha value is -3.42. The van der Waals surface area contributed by atoms with Gasteiger partial charge < -0.3 is 18.9 Å². The van der Waals surface area contributed by atoms with Crippen LogP contribution in [0.25, 0.3) is 0 Å². The third-order valence-electron chi connectivity index (χ3n) is 6.96. The monoisotopic (exact) mass is 534 g/mol. The van der Waals surface area contributed by atoms with Crippen molar-refractivity contribution >= 4 is 0 Å². The molecule has 8 heteroatoms. The van der Waals surface area contributed by atoms with E-state index in [9.17, 15) is 0 Å². The van der Waals surface area contributed by atoms with Crippen molar-refractivity contribution in [2.24, 2.45) is 5.92 Å². The van der Waals surface area contributed by atoms with Gasteiger partial charge in [-0.05, 0) is 37.2 Å². The first kappa shape index (κ1) is 28.6. The fourth-order valence-electron chi connectivity index (χ4n) is 5.21. The zero-order valence-corrected chi connectivity index (χ0v) is 23.9. The first-order chi connectivity index (χ1) is 19.1. The lowest BCUT2D eigenvalue weighted by atomic mass is 9.53. The predicted octanol–water partition coefficient (Wildman–Crippen LogP) is 6.72. The van der Waals surface area contributed by atoms with Gasteiger partial charge in [0.25, 0.3) is 0 Å². The van der Waals surface area contributed by atoms with E-state index in [1.807, 2.05) is 18.2 Å². The van der Waals surface area contributed by atoms with E-state index in [1.165, 1.54) is 5.56 Å². The molecule has 0 radical (unpaired) electrons. The van der Waals surface area contributed by atoms with Crippen molar-refractivity contribution in [2.45, 2.75) is 78.1 Å². The van der Waals surface area contributed by atoms with Crippen molar-refractivity contribution in [3.05, 3.63) is 59.4 Å². The van der Waals surface area contributed by atoms with E-state index in [4.69, 9.17) is 28.9 Å². The second-order valence-corrected chi connectivity index (χ2v) is 10.1. The van der Waals surface area contributed by atoms with Gasteiger partial charge in [-0.1, -0.05) is 65.0 Å². The fourth-order valence-corrected chi connectivity index (χ4v) is 5.21. The number of nitrogens with zero attached hydrogens (tertiary/aromatic N) is 4. The van der Waals surface area contributed by atoms with Crippen LogP contribution in [0.4, 0.5) is 0 Å². The Bertz CT molecular complexity index is 1050. The summed E-state index contributed by atoms with van der Waals surface area (Å²) in [5, 5.41) is 0. The van der Waals surface area contributed by atoms with Crippen molar-refractivity contribution < 1.29 is 18.9 Å². The zero-order valence-electron chi connectivity index (χ0n) is 23.9. The second-order valence-electron chi connectivity index (χ2n) is 10.1. The van der Waals surface area contributed by atoms with Gasteiger partial charge in [0.05, 0.1) is 37.8 Å². The van der Waals surface area contributed by atoms with Crippen molar-refractivity contribution in [1.29, 1.82) is 0 Å². The number of ether oxygens (including phenoxy) is 4. The average Bonchev–Trinajstić information content (AvgIpc) is 2.96. The van der Waals surface area contributed by atoms with E-state index in [1.54, 1.807) is 0 Å². The minimum absolute atomic E-state index is 0.128. The minimum Gasteiger partial charge on any atom is -0.478 e. The summed E-state index contributed by atoms with van der Waals surface area (Å²) in [4.78, 5) is 18.8. The van der Waals surface area contributed by atoms with Gasteiger partial charge >= 0.3 is 12.0 Å². The predicted molar refractivity (Wildman–Crippen MR) is 151 cm³/mol. The molecule has 0 spiro atoms. The number of hydrogen-bond donors (Lipinski definition) is 0. The molecule has 0 aliphatic heterocycles. The number of hydrogen-bond acceptors (Lipinski definition) is 8. The molecule has 0 saturated heterocycles. The highest BCUT2D eigenvalue weighted by molar-refractivity contribution is 5.40. The highest BCUT2D eigenvalue weighted by Gasteiger charge is 2.51. The molecule has 1 aromatic carbocycles. The van der Waals surface area contributed by atoms with E-state index in [2.05, 4.69) is 68.9 Å². The van der Waals surface area contributed by atoms with Crippen molar-refractivity contribution in [2.75, 3.05) is 26.4 Å². The third kappa shape index (κ3) is 6.97. The summed E-state index contributed by atoms with van der Waals surface area (Å²) in [5.41, 5.74) is 3.10. The van der Waals surface area contributed by atoms with Crippen LogP contribution in [0.5, 0.6) is 23.8 Å². The first-order valence-corrected chi connectivity index (χ1v) is 14.4. The summed E-state index contributed by atoms with van der Waals surface area (Å²) < 4.78 is 23.6. The van der Waals surface area contributed by atoms with Crippen LogP contribution in [-0.4, -0.2) is 46.4 Å². The van der Waals surface area contributed by atoms with E-state index in [0.29, 0.717) is 50.2 Å². The van der Waals surface area contributed by atoms with E-state index in [-0.39, 0.29) is 23.7 Å². The first-order valence-electron chi connectivity index (χ1n) is 14.4. The van der Waals surface area contributed by atoms with Crippen molar-refractivity contribution in [1.82, 2.24) is 19.9 Å². The molecule has 0 bridgehead atoms. The van der Waals surface area contributed by atoms with Gasteiger partial charge in [0.1, 0.15) is 0 Å². The van der Waals surface area contributed by atoms with Crippen molar-refractivity contribution in [3.63, 3.8) is 0 Å². The summed E-state index contributed by atoms with van der Waals surface area (Å²) in [5.74, 6) is 1.75. The molecule has 2 heterocycles. The Balaban J connectivity index is 1.75. The molecule has 8 nitrogen and oxygen atoms in total. The van der Waals surface area contributed by atoms with Gasteiger partial charge in [-0.2, -0.15) is 19.9 Å². The summed E-state index contributed by atoms with van der Waals surface area (Å²) in [7, 11) is 0. The average molecular weight is 535 g/mol. The molecular weight excluding hydrogens is 492 g/mol. The van der Waals surface area contributed by atoms with Crippen molar-refractivity contribution in [3.8, 4) is 23.8 Å². The van der Waals surface area contributed by atoms with Crippen LogP contribution >= 0.6 is 0 Å². The Labute approximate surface area is 232 Å². The standard InChI is InChI=1S/C31H42N4O4/c1-6-15-36-25-19-23(32-30(34-25)38-17-8-3)27-21(5)28(29(27)22-13-11-10-12-14-22)24-20-26(37-16-7-2)35-31(33-24)39-18-9-4/h10-14,19-21,27-29H,6-9,15-18H2,1-5H3/t21?,27-,28+,29?. The Kier molecular flexibility index (Phi) is 10.3. The quantitative estimate of drug-likeness (QED) is 0.212. The summed E-state index contributed by atoms with van der Waals surface area (Å²) in [6.07, 6.45) is 3.56. The molecule has 3 aromatic rings. The maximum atomic E-state index is 5.94. The van der Waals surface area contributed by atoms with Crippen LogP contribution < -0.4 is 18.9 Å². The second kappa shape index (κ2) is 14.1. The van der Waals surface area contributed by atoms with Gasteiger partial charge in [0, 0.05) is 29.9 Å². The van der Waals surface area contributed by atoms with Crippen LogP contribution in [0.2, 0.25) is 0 Å². The number of aromatic nitrogens is 4. The molecule has 1 saturated carbocycles. The lowest BCUT2D eigenvalue weighted by Gasteiger charge is -2.50. The molecule has 1 aliphatic carbocycles. The van der Waals surface area contributed by atoms with Gasteiger partial charge in [0.15, 0.2) is 0 Å². The Morgan fingerprint density at radius 2 is 1.00 bits per heavy atom. The summed E-state index contributed by atoms with van der Waals surface area (Å²) in [6, 6.07) is 15.3. The Morgan fingerprint density at radius 1 is 0.564 bits per heavy atom. The molecule has 39 heavy (non-hydrogen) atoms. The number of rotatable bonds is 15. The largest absolute Gasteiger partial charge is 0.478 e. The van der Waals surface area contributed by atoms with Gasteiger partial charge in [-0.3, -0.25) is 0 Å². The highest BCUT2D eigenvalue weighted by Crippen LogP contribution is 2.62. The Morgan fingerprint density at radius 3 is 1.44 bits per heavy atom. The van der Waals surface area contributed by atoms with E-state index >= 15 is 0 Å². The molecule has 210 valence electrons. The molecule has 4 rings (SSSR count). The smallest absolute Gasteiger partial charge is 0.319 e. The molecule has 4 atom stereocenters. The summed E-state index contributed by atoms with van der Waals surface area (Å²) >= 11 is 0. The topological polar surface area (TPSA) is 88.5 Å².